The van der Waals surface area contributed by atoms with E-state index in [4.69, 9.17) is 4.74 Å². The van der Waals surface area contributed by atoms with Crippen molar-refractivity contribution >= 4 is 22.6 Å². The van der Waals surface area contributed by atoms with E-state index in [0.29, 0.717) is 6.61 Å². The van der Waals surface area contributed by atoms with Crippen LogP contribution in [-0.4, -0.2) is 14.8 Å². The maximum atomic E-state index is 5.56. The predicted octanol–water partition coefficient (Wildman–Crippen LogP) is 1.76. The van der Waals surface area contributed by atoms with E-state index in [0.717, 1.165) is 20.8 Å². The van der Waals surface area contributed by atoms with Gasteiger partial charge in [0.2, 0.25) is 0 Å². The zero-order chi connectivity index (χ0) is 9.54. The number of fused-ring (bicyclic) bond motifs is 3. The van der Waals surface area contributed by atoms with E-state index in [1.54, 1.807) is 6.33 Å². The van der Waals surface area contributed by atoms with Crippen LogP contribution < -0.4 is 4.74 Å². The van der Waals surface area contributed by atoms with E-state index in [1.807, 2.05) is 22.9 Å². The minimum Gasteiger partial charge on any atom is -0.483 e. The van der Waals surface area contributed by atoms with Gasteiger partial charge < -0.3 is 4.74 Å². The highest BCUT2D eigenvalue weighted by molar-refractivity contribution is 14.1. The van der Waals surface area contributed by atoms with Gasteiger partial charge in [-0.1, -0.05) is 0 Å². The maximum absolute atomic E-state index is 5.56. The van der Waals surface area contributed by atoms with Crippen LogP contribution in [0, 0.1) is 3.57 Å². The van der Waals surface area contributed by atoms with Crippen LogP contribution in [0.1, 0.15) is 5.82 Å². The van der Waals surface area contributed by atoms with Crippen molar-refractivity contribution < 1.29 is 4.74 Å². The number of halogens is 1. The van der Waals surface area contributed by atoms with Crippen LogP contribution in [-0.2, 0) is 6.61 Å². The Morgan fingerprint density at radius 2 is 2.36 bits per heavy atom. The SMILES string of the molecule is Ic1ccc2c(c1)OCc1ncnn1-2. The Balaban J connectivity index is 2.26. The molecule has 1 aliphatic rings. The standard InChI is InChI=1S/C9H6IN3O/c10-6-1-2-7-8(3-6)14-4-9-11-5-12-13(7)9/h1-3,5H,4H2. The van der Waals surface area contributed by atoms with Gasteiger partial charge in [0.15, 0.2) is 5.82 Å². The fraction of sp³-hybridized carbons (Fsp3) is 0.111. The first-order valence-corrected chi connectivity index (χ1v) is 5.24. The Morgan fingerprint density at radius 1 is 1.43 bits per heavy atom. The van der Waals surface area contributed by atoms with Crippen molar-refractivity contribution in [3.05, 3.63) is 33.9 Å². The topological polar surface area (TPSA) is 39.9 Å². The summed E-state index contributed by atoms with van der Waals surface area (Å²) in [5, 5.41) is 4.15. The van der Waals surface area contributed by atoms with Crippen LogP contribution in [0.15, 0.2) is 24.5 Å². The first-order valence-electron chi connectivity index (χ1n) is 4.16. The van der Waals surface area contributed by atoms with Gasteiger partial charge in [-0.05, 0) is 40.8 Å². The molecule has 0 saturated carbocycles. The smallest absolute Gasteiger partial charge is 0.170 e. The van der Waals surface area contributed by atoms with Gasteiger partial charge >= 0.3 is 0 Å². The normalized spacial score (nSPS) is 12.9. The molecule has 0 amide bonds. The lowest BCUT2D eigenvalue weighted by molar-refractivity contribution is 0.276. The van der Waals surface area contributed by atoms with Crippen LogP contribution in [0.25, 0.3) is 5.69 Å². The van der Waals surface area contributed by atoms with E-state index < -0.39 is 0 Å². The van der Waals surface area contributed by atoms with Crippen LogP contribution in [0.2, 0.25) is 0 Å². The molecule has 1 aromatic heterocycles. The second kappa shape index (κ2) is 2.94. The molecule has 70 valence electrons. The van der Waals surface area contributed by atoms with E-state index in [1.165, 1.54) is 0 Å². The molecular formula is C9H6IN3O. The number of hydrogen-bond donors (Lipinski definition) is 0. The lowest BCUT2D eigenvalue weighted by Crippen LogP contribution is -2.14. The average molecular weight is 299 g/mol. The fourth-order valence-electron chi connectivity index (χ4n) is 1.49. The molecule has 0 unspecified atom stereocenters. The van der Waals surface area contributed by atoms with Gasteiger partial charge in [0.1, 0.15) is 24.4 Å². The van der Waals surface area contributed by atoms with Crippen LogP contribution >= 0.6 is 22.6 Å². The minimum absolute atomic E-state index is 0.493. The van der Waals surface area contributed by atoms with Gasteiger partial charge in [0.25, 0.3) is 0 Å². The second-order valence-electron chi connectivity index (χ2n) is 2.99. The quantitative estimate of drug-likeness (QED) is 0.696. The summed E-state index contributed by atoms with van der Waals surface area (Å²) >= 11 is 2.26. The molecule has 0 fully saturated rings. The van der Waals surface area contributed by atoms with Crippen molar-refractivity contribution in [2.24, 2.45) is 0 Å². The summed E-state index contributed by atoms with van der Waals surface area (Å²) in [6.07, 6.45) is 1.55. The Hall–Kier alpha value is -1.11. The summed E-state index contributed by atoms with van der Waals surface area (Å²) < 4.78 is 8.53. The Bertz CT molecular complexity index is 495. The van der Waals surface area contributed by atoms with Crippen molar-refractivity contribution in [2.75, 3.05) is 0 Å². The third-order valence-corrected chi connectivity index (χ3v) is 2.80. The zero-order valence-corrected chi connectivity index (χ0v) is 9.30. The van der Waals surface area contributed by atoms with Gasteiger partial charge in [-0.15, -0.1) is 0 Å². The highest BCUT2D eigenvalue weighted by Gasteiger charge is 2.17. The van der Waals surface area contributed by atoms with Crippen molar-refractivity contribution in [1.82, 2.24) is 14.8 Å². The van der Waals surface area contributed by atoms with Gasteiger partial charge in [-0.3, -0.25) is 0 Å². The highest BCUT2D eigenvalue weighted by Crippen LogP contribution is 2.29. The Kier molecular flexibility index (Phi) is 1.73. The van der Waals surface area contributed by atoms with Gasteiger partial charge in [0, 0.05) is 3.57 Å². The van der Waals surface area contributed by atoms with Crippen molar-refractivity contribution in [3.63, 3.8) is 0 Å². The molecule has 0 atom stereocenters. The number of nitrogens with zero attached hydrogens (tertiary/aromatic N) is 3. The molecule has 0 radical (unpaired) electrons. The molecular weight excluding hydrogens is 293 g/mol. The third-order valence-electron chi connectivity index (χ3n) is 2.13. The summed E-state index contributed by atoms with van der Waals surface area (Å²) in [5.41, 5.74) is 0.962. The fourth-order valence-corrected chi connectivity index (χ4v) is 1.95. The molecule has 0 spiro atoms. The first-order chi connectivity index (χ1) is 6.84. The second-order valence-corrected chi connectivity index (χ2v) is 4.23. The van der Waals surface area contributed by atoms with Gasteiger partial charge in [-0.25, -0.2) is 9.67 Å². The molecule has 0 N–H and O–H groups in total. The van der Waals surface area contributed by atoms with Crippen molar-refractivity contribution in [2.45, 2.75) is 6.61 Å². The maximum Gasteiger partial charge on any atom is 0.170 e. The number of rotatable bonds is 0. The van der Waals surface area contributed by atoms with Gasteiger partial charge in [-0.2, -0.15) is 5.10 Å². The van der Waals surface area contributed by atoms with Gasteiger partial charge in [0.05, 0.1) is 0 Å². The highest BCUT2D eigenvalue weighted by atomic mass is 127. The minimum atomic E-state index is 0.493. The Labute approximate surface area is 94.0 Å². The zero-order valence-electron chi connectivity index (χ0n) is 7.14. The molecule has 4 nitrogen and oxygen atoms in total. The van der Waals surface area contributed by atoms with Crippen molar-refractivity contribution in [1.29, 1.82) is 0 Å². The predicted molar refractivity (Wildman–Crippen MR) is 58.4 cm³/mol. The molecule has 3 rings (SSSR count). The average Bonchev–Trinajstić information content (AvgIpc) is 2.65. The van der Waals surface area contributed by atoms with Crippen LogP contribution in [0.5, 0.6) is 5.75 Å². The molecule has 0 saturated heterocycles. The van der Waals surface area contributed by atoms with E-state index in [2.05, 4.69) is 32.7 Å². The first kappa shape index (κ1) is 8.22. The molecule has 1 aromatic carbocycles. The monoisotopic (exact) mass is 299 g/mol. The summed E-state index contributed by atoms with van der Waals surface area (Å²) in [4.78, 5) is 4.10. The van der Waals surface area contributed by atoms with Crippen molar-refractivity contribution in [3.8, 4) is 11.4 Å². The summed E-state index contributed by atoms with van der Waals surface area (Å²) in [5.74, 6) is 1.72. The van der Waals surface area contributed by atoms with E-state index in [9.17, 15) is 0 Å². The summed E-state index contributed by atoms with van der Waals surface area (Å²) in [7, 11) is 0. The largest absolute Gasteiger partial charge is 0.483 e. The molecule has 0 aliphatic carbocycles. The lowest BCUT2D eigenvalue weighted by atomic mass is 10.3. The number of benzene rings is 1. The molecule has 5 heteroatoms. The Morgan fingerprint density at radius 3 is 3.29 bits per heavy atom. The number of hydrogen-bond acceptors (Lipinski definition) is 3. The van der Waals surface area contributed by atoms with Crippen LogP contribution in [0.4, 0.5) is 0 Å². The number of ether oxygens (including phenoxy) is 1. The third kappa shape index (κ3) is 1.12. The molecule has 14 heavy (non-hydrogen) atoms. The molecule has 0 bridgehead atoms. The molecule has 1 aliphatic heterocycles. The lowest BCUT2D eigenvalue weighted by Gasteiger charge is -2.17. The molecule has 2 aromatic rings. The van der Waals surface area contributed by atoms with Crippen LogP contribution in [0.3, 0.4) is 0 Å². The molecule has 2 heterocycles. The summed E-state index contributed by atoms with van der Waals surface area (Å²) in [6.45, 7) is 0.493. The summed E-state index contributed by atoms with van der Waals surface area (Å²) in [6, 6.07) is 6.02. The van der Waals surface area contributed by atoms with E-state index >= 15 is 0 Å². The number of aromatic nitrogens is 3. The van der Waals surface area contributed by atoms with E-state index in [-0.39, 0.29) is 0 Å².